The van der Waals surface area contributed by atoms with Crippen LogP contribution in [0.5, 0.6) is 5.75 Å². The van der Waals surface area contributed by atoms with Gasteiger partial charge in [-0.2, -0.15) is 0 Å². The number of phenolic OH excluding ortho intramolecular Hbond substituents is 1. The number of carbonyl (C=O) groups excluding carboxylic acids is 1. The number of fused-ring (bicyclic) bond motifs is 5. The van der Waals surface area contributed by atoms with Gasteiger partial charge in [-0.15, -0.1) is 12.3 Å². The van der Waals surface area contributed by atoms with E-state index in [2.05, 4.69) is 12.8 Å². The highest BCUT2D eigenvalue weighted by Gasteiger charge is 2.58. The van der Waals surface area contributed by atoms with E-state index in [1.54, 1.807) is 12.1 Å². The Labute approximate surface area is 162 Å². The van der Waals surface area contributed by atoms with Crippen molar-refractivity contribution in [3.05, 3.63) is 29.3 Å². The second-order valence-corrected chi connectivity index (χ2v) is 9.12. The number of terminal acetylenes is 1. The van der Waals surface area contributed by atoms with Gasteiger partial charge in [0.2, 0.25) is 0 Å². The molecule has 3 nitrogen and oxygen atoms in total. The Morgan fingerprint density at radius 3 is 2.85 bits per heavy atom. The number of aliphatic hydroxyl groups is 1. The minimum atomic E-state index is -0.248. The number of carbonyl (C=O) groups is 1. The lowest BCUT2D eigenvalue weighted by atomic mass is 9.51. The molecule has 2 fully saturated rings. The predicted octanol–water partition coefficient (Wildman–Crippen LogP) is 4.67. The summed E-state index contributed by atoms with van der Waals surface area (Å²) >= 11 is 0. The maximum absolute atomic E-state index is 13.4. The maximum Gasteiger partial charge on any atom is 0.166 e. The number of unbranched alkanes of at least 4 members (excludes halogenated alkanes) is 2. The summed E-state index contributed by atoms with van der Waals surface area (Å²) in [7, 11) is 0. The van der Waals surface area contributed by atoms with Crippen LogP contribution >= 0.6 is 0 Å². The predicted molar refractivity (Wildman–Crippen MR) is 106 cm³/mol. The van der Waals surface area contributed by atoms with E-state index in [4.69, 9.17) is 6.42 Å². The number of hydrogen-bond acceptors (Lipinski definition) is 3. The summed E-state index contributed by atoms with van der Waals surface area (Å²) in [6.45, 7) is 2.23. The molecule has 27 heavy (non-hydrogen) atoms. The van der Waals surface area contributed by atoms with Crippen molar-refractivity contribution in [3.8, 4) is 18.1 Å². The molecule has 0 bridgehead atoms. The van der Waals surface area contributed by atoms with Gasteiger partial charge in [0, 0.05) is 17.9 Å². The number of rotatable bonds is 4. The van der Waals surface area contributed by atoms with E-state index in [0.29, 0.717) is 17.8 Å². The highest BCUT2D eigenvalue weighted by molar-refractivity contribution is 6.01. The van der Waals surface area contributed by atoms with Crippen LogP contribution in [-0.4, -0.2) is 22.1 Å². The minimum absolute atomic E-state index is 0.0167. The van der Waals surface area contributed by atoms with Crippen LogP contribution in [0.1, 0.15) is 80.1 Å². The molecule has 1 aromatic rings. The fourth-order valence-corrected chi connectivity index (χ4v) is 6.46. The third kappa shape index (κ3) is 2.90. The van der Waals surface area contributed by atoms with Crippen molar-refractivity contribution in [2.24, 2.45) is 23.2 Å². The standard InChI is InChI=1S/C24H30O3/c1-3-4-5-6-7-18-22-17(12-13-24(2)20(22)10-11-21(24)26)16-9-8-15(25)14-19(16)23(18)27/h1,8-9,14,17-18,20-22,25-26H,4-7,10-13H2,2H3/t17-,18+,20+,21+,22+,24+/m1/s1. The molecule has 6 atom stereocenters. The molecule has 0 radical (unpaired) electrons. The van der Waals surface area contributed by atoms with Gasteiger partial charge in [-0.25, -0.2) is 0 Å². The summed E-state index contributed by atoms with van der Waals surface area (Å²) < 4.78 is 0. The minimum Gasteiger partial charge on any atom is -0.508 e. The van der Waals surface area contributed by atoms with Gasteiger partial charge < -0.3 is 10.2 Å². The average Bonchev–Trinajstić information content (AvgIpc) is 2.96. The lowest BCUT2D eigenvalue weighted by molar-refractivity contribution is -0.0350. The van der Waals surface area contributed by atoms with Gasteiger partial charge >= 0.3 is 0 Å². The second kappa shape index (κ2) is 6.99. The fourth-order valence-electron chi connectivity index (χ4n) is 6.46. The van der Waals surface area contributed by atoms with Gasteiger partial charge in [-0.05, 0) is 79.4 Å². The first-order valence-corrected chi connectivity index (χ1v) is 10.5. The van der Waals surface area contributed by atoms with Gasteiger partial charge in [0.05, 0.1) is 6.10 Å². The van der Waals surface area contributed by atoms with Crippen LogP contribution in [0, 0.1) is 35.5 Å². The first-order valence-electron chi connectivity index (χ1n) is 10.5. The van der Waals surface area contributed by atoms with Crippen molar-refractivity contribution in [2.45, 2.75) is 70.3 Å². The van der Waals surface area contributed by atoms with E-state index in [-0.39, 0.29) is 29.0 Å². The van der Waals surface area contributed by atoms with Crippen molar-refractivity contribution in [3.63, 3.8) is 0 Å². The van der Waals surface area contributed by atoms with Crippen molar-refractivity contribution in [2.75, 3.05) is 0 Å². The summed E-state index contributed by atoms with van der Waals surface area (Å²) in [5, 5.41) is 20.6. The van der Waals surface area contributed by atoms with Gasteiger partial charge in [0.15, 0.2) is 5.78 Å². The molecule has 0 amide bonds. The zero-order valence-electron chi connectivity index (χ0n) is 16.2. The molecular formula is C24H30O3. The lowest BCUT2D eigenvalue weighted by Gasteiger charge is -2.52. The molecule has 0 aromatic heterocycles. The molecular weight excluding hydrogens is 336 g/mol. The van der Waals surface area contributed by atoms with Crippen molar-refractivity contribution < 1.29 is 15.0 Å². The first-order chi connectivity index (χ1) is 13.0. The van der Waals surface area contributed by atoms with Crippen molar-refractivity contribution in [1.29, 1.82) is 0 Å². The Morgan fingerprint density at radius 1 is 1.26 bits per heavy atom. The van der Waals surface area contributed by atoms with Crippen molar-refractivity contribution >= 4 is 5.78 Å². The first kappa shape index (κ1) is 18.6. The molecule has 3 heteroatoms. The molecule has 0 spiro atoms. The molecule has 0 unspecified atom stereocenters. The van der Waals surface area contributed by atoms with E-state index in [0.717, 1.165) is 62.5 Å². The third-order valence-corrected chi connectivity index (χ3v) is 7.87. The van der Waals surface area contributed by atoms with Crippen LogP contribution in [0.4, 0.5) is 0 Å². The average molecular weight is 367 g/mol. The highest BCUT2D eigenvalue weighted by Crippen LogP contribution is 2.62. The molecule has 3 aliphatic rings. The van der Waals surface area contributed by atoms with E-state index >= 15 is 0 Å². The van der Waals surface area contributed by atoms with Gasteiger partial charge in [-0.1, -0.05) is 19.4 Å². The monoisotopic (exact) mass is 366 g/mol. The summed E-state index contributed by atoms with van der Waals surface area (Å²) in [4.78, 5) is 13.4. The largest absolute Gasteiger partial charge is 0.508 e. The zero-order chi connectivity index (χ0) is 19.2. The van der Waals surface area contributed by atoms with Crippen LogP contribution in [0.15, 0.2) is 18.2 Å². The van der Waals surface area contributed by atoms with E-state index < -0.39 is 0 Å². The van der Waals surface area contributed by atoms with Crippen LogP contribution in [-0.2, 0) is 0 Å². The molecule has 0 heterocycles. The molecule has 1 aromatic carbocycles. The Balaban J connectivity index is 1.72. The van der Waals surface area contributed by atoms with E-state index in [1.807, 2.05) is 6.07 Å². The second-order valence-electron chi connectivity index (χ2n) is 9.12. The number of phenols is 1. The van der Waals surface area contributed by atoms with Gasteiger partial charge in [0.25, 0.3) is 0 Å². The highest BCUT2D eigenvalue weighted by atomic mass is 16.3. The summed E-state index contributed by atoms with van der Waals surface area (Å²) in [6.07, 6.45) is 12.6. The maximum atomic E-state index is 13.4. The number of Topliss-reactive ketones (excluding diaryl/α,β-unsaturated/α-hetero) is 1. The molecule has 144 valence electrons. The van der Waals surface area contributed by atoms with Crippen LogP contribution < -0.4 is 0 Å². The Morgan fingerprint density at radius 2 is 2.07 bits per heavy atom. The smallest absolute Gasteiger partial charge is 0.166 e. The van der Waals surface area contributed by atoms with Gasteiger partial charge in [-0.3, -0.25) is 4.79 Å². The number of ketones is 1. The van der Waals surface area contributed by atoms with E-state index in [9.17, 15) is 15.0 Å². The summed E-state index contributed by atoms with van der Waals surface area (Å²) in [6, 6.07) is 5.34. The molecule has 4 rings (SSSR count). The number of benzene rings is 1. The molecule has 2 N–H and O–H groups in total. The topological polar surface area (TPSA) is 57.5 Å². The fraction of sp³-hybridized carbons (Fsp3) is 0.625. The third-order valence-electron chi connectivity index (χ3n) is 7.87. The van der Waals surface area contributed by atoms with Crippen LogP contribution in [0.25, 0.3) is 0 Å². The Kier molecular flexibility index (Phi) is 4.80. The zero-order valence-corrected chi connectivity index (χ0v) is 16.2. The molecule has 0 aliphatic heterocycles. The summed E-state index contributed by atoms with van der Waals surface area (Å²) in [5.41, 5.74) is 1.78. The molecule has 0 saturated heterocycles. The SMILES string of the molecule is C#CCCCC[C@@H]1C(=O)c2cc(O)ccc2[C@H]2CC[C@]3(C)[C@@H](O)CC[C@H]3[C@H]12. The Bertz CT molecular complexity index is 776. The number of hydrogen-bond donors (Lipinski definition) is 2. The quantitative estimate of drug-likeness (QED) is 0.601. The number of aliphatic hydroxyl groups excluding tert-OH is 1. The Hall–Kier alpha value is -1.79. The number of aromatic hydroxyl groups is 1. The van der Waals surface area contributed by atoms with Crippen molar-refractivity contribution in [1.82, 2.24) is 0 Å². The molecule has 3 aliphatic carbocycles. The van der Waals surface area contributed by atoms with E-state index in [1.165, 1.54) is 0 Å². The van der Waals surface area contributed by atoms with Gasteiger partial charge in [0.1, 0.15) is 5.75 Å². The van der Waals surface area contributed by atoms with Crippen LogP contribution in [0.3, 0.4) is 0 Å². The normalized spacial score (nSPS) is 37.2. The summed E-state index contributed by atoms with van der Waals surface area (Å²) in [5.74, 6) is 4.10. The van der Waals surface area contributed by atoms with Crippen LogP contribution in [0.2, 0.25) is 0 Å². The lowest BCUT2D eigenvalue weighted by Crippen LogP contribution is -2.49. The molecule has 2 saturated carbocycles.